The van der Waals surface area contributed by atoms with Gasteiger partial charge in [-0.15, -0.1) is 0 Å². The molecule has 0 unspecified atom stereocenters. The van der Waals surface area contributed by atoms with Gasteiger partial charge in [0.15, 0.2) is 5.11 Å². The zero-order valence-corrected chi connectivity index (χ0v) is 13.7. The number of hydrogen-bond donors (Lipinski definition) is 3. The number of carboxylic acids is 1. The molecule has 0 spiro atoms. The fourth-order valence-corrected chi connectivity index (χ4v) is 2.07. The number of nitrogens with one attached hydrogen (secondary N) is 2. The second kappa shape index (κ2) is 8.07. The van der Waals surface area contributed by atoms with Crippen LogP contribution in [0.4, 0.5) is 0 Å². The van der Waals surface area contributed by atoms with Crippen LogP contribution < -0.4 is 15.4 Å². The van der Waals surface area contributed by atoms with E-state index in [1.807, 2.05) is 0 Å². The average Bonchev–Trinajstić information content (AvgIpc) is 2.60. The molecule has 24 heavy (non-hydrogen) atoms. The molecule has 7 heteroatoms. The minimum Gasteiger partial charge on any atom is -0.497 e. The highest BCUT2D eigenvalue weighted by Gasteiger charge is 2.08. The monoisotopic (exact) mass is 344 g/mol. The van der Waals surface area contributed by atoms with E-state index in [4.69, 9.17) is 22.1 Å². The summed E-state index contributed by atoms with van der Waals surface area (Å²) in [5, 5.41) is 14.5. The maximum Gasteiger partial charge on any atom is 0.335 e. The van der Waals surface area contributed by atoms with E-state index in [-0.39, 0.29) is 16.6 Å². The Morgan fingerprint density at radius 2 is 1.62 bits per heavy atom. The fourth-order valence-electron chi connectivity index (χ4n) is 1.91. The van der Waals surface area contributed by atoms with Crippen LogP contribution in [0.2, 0.25) is 0 Å². The van der Waals surface area contributed by atoms with Gasteiger partial charge in [0.1, 0.15) is 5.75 Å². The molecule has 2 rings (SSSR count). The first kappa shape index (κ1) is 17.4. The smallest absolute Gasteiger partial charge is 0.335 e. The third-order valence-electron chi connectivity index (χ3n) is 3.23. The van der Waals surface area contributed by atoms with E-state index in [1.54, 1.807) is 43.5 Å². The second-order valence-corrected chi connectivity index (χ2v) is 5.28. The molecule has 0 aromatic heterocycles. The molecule has 2 aromatic carbocycles. The Labute approximate surface area is 144 Å². The average molecular weight is 344 g/mol. The Bertz CT molecular complexity index is 742. The summed E-state index contributed by atoms with van der Waals surface area (Å²) in [5.74, 6) is -0.634. The Hall–Kier alpha value is -2.93. The lowest BCUT2D eigenvalue weighted by Crippen LogP contribution is -2.38. The fraction of sp³-hybridized carbons (Fsp3) is 0.118. The Morgan fingerprint density at radius 3 is 2.17 bits per heavy atom. The lowest BCUT2D eigenvalue weighted by Gasteiger charge is -2.10. The Balaban J connectivity index is 1.85. The van der Waals surface area contributed by atoms with Crippen molar-refractivity contribution in [3.05, 3.63) is 65.2 Å². The van der Waals surface area contributed by atoms with Crippen LogP contribution >= 0.6 is 12.2 Å². The summed E-state index contributed by atoms with van der Waals surface area (Å²) in [6.45, 7) is 0.377. The van der Waals surface area contributed by atoms with Crippen molar-refractivity contribution >= 4 is 29.2 Å². The van der Waals surface area contributed by atoms with Crippen molar-refractivity contribution in [1.29, 1.82) is 0 Å². The molecule has 6 nitrogen and oxygen atoms in total. The molecule has 3 N–H and O–H groups in total. The summed E-state index contributed by atoms with van der Waals surface area (Å²) in [4.78, 5) is 22.8. The van der Waals surface area contributed by atoms with Crippen molar-refractivity contribution < 1.29 is 19.4 Å². The van der Waals surface area contributed by atoms with Crippen LogP contribution in [0.1, 0.15) is 26.3 Å². The molecule has 0 aliphatic carbocycles. The van der Waals surface area contributed by atoms with Crippen LogP contribution in [-0.2, 0) is 6.54 Å². The number of rotatable bonds is 5. The molecule has 0 aliphatic rings. The SMILES string of the molecule is COc1ccc(C(=O)NC(=S)NCc2ccc(C(=O)O)cc2)cc1. The molecule has 0 bridgehead atoms. The summed E-state index contributed by atoms with van der Waals surface area (Å²) < 4.78 is 5.03. The summed E-state index contributed by atoms with van der Waals surface area (Å²) in [7, 11) is 1.55. The van der Waals surface area contributed by atoms with Crippen LogP contribution in [0.15, 0.2) is 48.5 Å². The van der Waals surface area contributed by atoms with Crippen molar-refractivity contribution in [2.24, 2.45) is 0 Å². The van der Waals surface area contributed by atoms with Gasteiger partial charge in [0.2, 0.25) is 0 Å². The lowest BCUT2D eigenvalue weighted by molar-refractivity contribution is 0.0696. The van der Waals surface area contributed by atoms with E-state index in [2.05, 4.69) is 10.6 Å². The van der Waals surface area contributed by atoms with E-state index < -0.39 is 5.97 Å². The normalized spacial score (nSPS) is 9.88. The standard InChI is InChI=1S/C17H16N2O4S/c1-23-14-8-6-12(7-9-14)15(20)19-17(24)18-10-11-2-4-13(5-3-11)16(21)22/h2-9H,10H2,1H3,(H,21,22)(H2,18,19,20,24). The van der Waals surface area contributed by atoms with Crippen LogP contribution in [0, 0.1) is 0 Å². The molecule has 2 aromatic rings. The van der Waals surface area contributed by atoms with Gasteiger partial charge >= 0.3 is 5.97 Å². The number of aromatic carboxylic acids is 1. The molecule has 0 fully saturated rings. The van der Waals surface area contributed by atoms with Crippen LogP contribution in [0.5, 0.6) is 5.75 Å². The summed E-state index contributed by atoms with van der Waals surface area (Å²) in [6, 6.07) is 13.1. The summed E-state index contributed by atoms with van der Waals surface area (Å²) in [5.41, 5.74) is 1.53. The molecule has 0 saturated heterocycles. The van der Waals surface area contributed by atoms with Crippen molar-refractivity contribution in [2.75, 3.05) is 7.11 Å². The zero-order valence-electron chi connectivity index (χ0n) is 12.9. The highest BCUT2D eigenvalue weighted by Crippen LogP contribution is 2.11. The minimum atomic E-state index is -0.975. The minimum absolute atomic E-state index is 0.193. The van der Waals surface area contributed by atoms with Gasteiger partial charge in [-0.05, 0) is 54.2 Å². The highest BCUT2D eigenvalue weighted by atomic mass is 32.1. The molecule has 0 atom stereocenters. The number of amides is 1. The predicted octanol–water partition coefficient (Wildman–Crippen LogP) is 2.20. The number of carbonyl (C=O) groups is 2. The van der Waals surface area contributed by atoms with Crippen molar-refractivity contribution in [1.82, 2.24) is 10.6 Å². The Kier molecular flexibility index (Phi) is 5.86. The zero-order chi connectivity index (χ0) is 17.5. The number of ether oxygens (including phenoxy) is 1. The quantitative estimate of drug-likeness (QED) is 0.721. The molecular weight excluding hydrogens is 328 g/mol. The van der Waals surface area contributed by atoms with E-state index in [0.29, 0.717) is 17.9 Å². The van der Waals surface area contributed by atoms with Gasteiger partial charge in [-0.2, -0.15) is 0 Å². The van der Waals surface area contributed by atoms with E-state index in [0.717, 1.165) is 5.56 Å². The number of carbonyl (C=O) groups excluding carboxylic acids is 1. The summed E-state index contributed by atoms with van der Waals surface area (Å²) >= 11 is 5.08. The number of carboxylic acid groups (broad SMARTS) is 1. The molecule has 124 valence electrons. The van der Waals surface area contributed by atoms with Crippen LogP contribution in [0.25, 0.3) is 0 Å². The molecule has 0 aliphatic heterocycles. The first-order chi connectivity index (χ1) is 11.5. The van der Waals surface area contributed by atoms with Crippen LogP contribution in [0.3, 0.4) is 0 Å². The molecule has 0 radical (unpaired) electrons. The highest BCUT2D eigenvalue weighted by molar-refractivity contribution is 7.80. The van der Waals surface area contributed by atoms with E-state index in [1.165, 1.54) is 12.1 Å². The second-order valence-electron chi connectivity index (χ2n) is 4.87. The summed E-state index contributed by atoms with van der Waals surface area (Å²) in [6.07, 6.45) is 0. The van der Waals surface area contributed by atoms with Gasteiger partial charge in [0.25, 0.3) is 5.91 Å². The molecule has 0 heterocycles. The molecule has 0 saturated carbocycles. The van der Waals surface area contributed by atoms with Gasteiger partial charge in [0.05, 0.1) is 12.7 Å². The largest absolute Gasteiger partial charge is 0.497 e. The third-order valence-corrected chi connectivity index (χ3v) is 3.48. The number of benzene rings is 2. The van der Waals surface area contributed by atoms with Crippen molar-refractivity contribution in [2.45, 2.75) is 6.54 Å². The van der Waals surface area contributed by atoms with Crippen molar-refractivity contribution in [3.8, 4) is 5.75 Å². The maximum absolute atomic E-state index is 12.0. The van der Waals surface area contributed by atoms with Gasteiger partial charge < -0.3 is 15.2 Å². The van der Waals surface area contributed by atoms with E-state index >= 15 is 0 Å². The lowest BCUT2D eigenvalue weighted by atomic mass is 10.1. The van der Waals surface area contributed by atoms with Crippen LogP contribution in [-0.4, -0.2) is 29.2 Å². The van der Waals surface area contributed by atoms with Crippen molar-refractivity contribution in [3.63, 3.8) is 0 Å². The number of thiocarbonyl (C=S) groups is 1. The number of hydrogen-bond acceptors (Lipinski definition) is 4. The molecular formula is C17H16N2O4S. The number of methoxy groups -OCH3 is 1. The third kappa shape index (κ3) is 4.79. The first-order valence-electron chi connectivity index (χ1n) is 7.05. The van der Waals surface area contributed by atoms with Gasteiger partial charge in [-0.3, -0.25) is 10.1 Å². The molecule has 1 amide bonds. The maximum atomic E-state index is 12.0. The van der Waals surface area contributed by atoms with Gasteiger partial charge in [-0.25, -0.2) is 4.79 Å². The first-order valence-corrected chi connectivity index (χ1v) is 7.46. The van der Waals surface area contributed by atoms with Gasteiger partial charge in [-0.1, -0.05) is 12.1 Å². The van der Waals surface area contributed by atoms with E-state index in [9.17, 15) is 9.59 Å². The predicted molar refractivity (Wildman–Crippen MR) is 93.3 cm³/mol. The van der Waals surface area contributed by atoms with Gasteiger partial charge in [0, 0.05) is 12.1 Å². The Morgan fingerprint density at radius 1 is 1.04 bits per heavy atom. The topological polar surface area (TPSA) is 87.7 Å².